The van der Waals surface area contributed by atoms with Crippen molar-refractivity contribution in [2.75, 3.05) is 19.6 Å². The summed E-state index contributed by atoms with van der Waals surface area (Å²) in [6.07, 6.45) is 11.6. The molecule has 2 fully saturated rings. The molecule has 102 valence electrons. The summed E-state index contributed by atoms with van der Waals surface area (Å²) in [6.45, 7) is 8.81. The normalized spacial score (nSPS) is 35.3. The van der Waals surface area contributed by atoms with Crippen LogP contribution >= 0.6 is 0 Å². The molecule has 2 saturated heterocycles. The highest BCUT2D eigenvalue weighted by atomic mass is 15.3. The van der Waals surface area contributed by atoms with Gasteiger partial charge in [-0.3, -0.25) is 9.80 Å². The lowest BCUT2D eigenvalue weighted by Gasteiger charge is -2.51. The lowest BCUT2D eigenvalue weighted by molar-refractivity contribution is -0.0275. The molecular weight excluding hydrogens is 220 g/mol. The molecular formula is C16H28N2. The van der Waals surface area contributed by atoms with E-state index in [9.17, 15) is 0 Å². The van der Waals surface area contributed by atoms with Crippen LogP contribution < -0.4 is 0 Å². The summed E-state index contributed by atoms with van der Waals surface area (Å²) in [5, 5.41) is 0. The molecule has 18 heavy (non-hydrogen) atoms. The maximum atomic E-state index is 2.86. The maximum Gasteiger partial charge on any atom is 0.0250 e. The standard InChI is InChI=1S/C16H28N2/c1-13(2)16-12-17-10-6-5-9-15(17)11-18(16)14-7-3-4-8-14/h3-4,13-16H,5-12H2,1-2H3. The van der Waals surface area contributed by atoms with Crippen LogP contribution in [0.15, 0.2) is 12.2 Å². The third-order valence-corrected chi connectivity index (χ3v) is 5.24. The predicted molar refractivity (Wildman–Crippen MR) is 76.7 cm³/mol. The molecule has 2 aliphatic heterocycles. The molecule has 0 saturated carbocycles. The Morgan fingerprint density at radius 3 is 2.50 bits per heavy atom. The van der Waals surface area contributed by atoms with Crippen molar-refractivity contribution in [3.8, 4) is 0 Å². The van der Waals surface area contributed by atoms with Crippen LogP contribution in [0.5, 0.6) is 0 Å². The van der Waals surface area contributed by atoms with Crippen molar-refractivity contribution in [2.45, 2.75) is 64.1 Å². The van der Waals surface area contributed by atoms with Crippen molar-refractivity contribution < 1.29 is 0 Å². The zero-order valence-corrected chi connectivity index (χ0v) is 12.0. The Balaban J connectivity index is 1.73. The van der Waals surface area contributed by atoms with Gasteiger partial charge in [-0.05, 0) is 38.1 Å². The van der Waals surface area contributed by atoms with Gasteiger partial charge in [0, 0.05) is 31.2 Å². The van der Waals surface area contributed by atoms with Gasteiger partial charge in [0.1, 0.15) is 0 Å². The molecule has 0 aromatic rings. The molecule has 0 bridgehead atoms. The average Bonchev–Trinajstić information content (AvgIpc) is 2.91. The smallest absolute Gasteiger partial charge is 0.0250 e. The first-order chi connectivity index (χ1) is 8.75. The Labute approximate surface area is 112 Å². The van der Waals surface area contributed by atoms with Crippen LogP contribution in [0.3, 0.4) is 0 Å². The Hall–Kier alpha value is -0.340. The topological polar surface area (TPSA) is 6.48 Å². The predicted octanol–water partition coefficient (Wildman–Crippen LogP) is 2.90. The van der Waals surface area contributed by atoms with E-state index in [4.69, 9.17) is 0 Å². The second-order valence-electron chi connectivity index (χ2n) is 6.75. The van der Waals surface area contributed by atoms with E-state index in [1.54, 1.807) is 0 Å². The third-order valence-electron chi connectivity index (χ3n) is 5.24. The first-order valence-electron chi connectivity index (χ1n) is 7.90. The molecule has 0 aromatic heterocycles. The minimum atomic E-state index is 0.782. The number of hydrogen-bond donors (Lipinski definition) is 0. The highest BCUT2D eigenvalue weighted by Gasteiger charge is 2.39. The molecule has 0 spiro atoms. The molecule has 0 aromatic carbocycles. The summed E-state index contributed by atoms with van der Waals surface area (Å²) in [7, 11) is 0. The van der Waals surface area contributed by atoms with Crippen molar-refractivity contribution in [2.24, 2.45) is 5.92 Å². The second-order valence-corrected chi connectivity index (χ2v) is 6.75. The van der Waals surface area contributed by atoms with Gasteiger partial charge >= 0.3 is 0 Å². The summed E-state index contributed by atoms with van der Waals surface area (Å²) in [6, 6.07) is 2.44. The van der Waals surface area contributed by atoms with Crippen LogP contribution in [-0.4, -0.2) is 47.6 Å². The second kappa shape index (κ2) is 5.34. The highest BCUT2D eigenvalue weighted by molar-refractivity contribution is 5.03. The van der Waals surface area contributed by atoms with Crippen LogP contribution in [-0.2, 0) is 0 Å². The molecule has 0 amide bonds. The molecule has 2 nitrogen and oxygen atoms in total. The Bertz CT molecular complexity index is 302. The lowest BCUT2D eigenvalue weighted by Crippen LogP contribution is -2.62. The molecule has 2 heterocycles. The SMILES string of the molecule is CC(C)C1CN2CCCCC2CN1C1CC=CC1. The number of fused-ring (bicyclic) bond motifs is 1. The Kier molecular flexibility index (Phi) is 3.76. The van der Waals surface area contributed by atoms with Gasteiger partial charge in [0.15, 0.2) is 0 Å². The van der Waals surface area contributed by atoms with Crippen molar-refractivity contribution in [3.05, 3.63) is 12.2 Å². The molecule has 3 aliphatic rings. The molecule has 2 unspecified atom stereocenters. The summed E-state index contributed by atoms with van der Waals surface area (Å²) in [5.74, 6) is 0.786. The molecule has 2 atom stereocenters. The summed E-state index contributed by atoms with van der Waals surface area (Å²) < 4.78 is 0. The Morgan fingerprint density at radius 2 is 1.78 bits per heavy atom. The molecule has 2 heteroatoms. The average molecular weight is 248 g/mol. The van der Waals surface area contributed by atoms with Gasteiger partial charge in [0.05, 0.1) is 0 Å². The van der Waals surface area contributed by atoms with E-state index in [0.29, 0.717) is 0 Å². The zero-order chi connectivity index (χ0) is 12.5. The van der Waals surface area contributed by atoms with E-state index in [-0.39, 0.29) is 0 Å². The maximum absolute atomic E-state index is 2.86. The van der Waals surface area contributed by atoms with Crippen molar-refractivity contribution in [1.29, 1.82) is 0 Å². The lowest BCUT2D eigenvalue weighted by atomic mass is 9.90. The van der Waals surface area contributed by atoms with E-state index in [2.05, 4.69) is 35.8 Å². The molecule has 3 rings (SSSR count). The Morgan fingerprint density at radius 1 is 1.00 bits per heavy atom. The van der Waals surface area contributed by atoms with Crippen LogP contribution in [0.25, 0.3) is 0 Å². The number of rotatable bonds is 2. The third kappa shape index (κ3) is 2.37. The number of piperidine rings is 1. The fraction of sp³-hybridized carbons (Fsp3) is 0.875. The first kappa shape index (κ1) is 12.7. The minimum absolute atomic E-state index is 0.782. The fourth-order valence-electron chi connectivity index (χ4n) is 4.12. The highest BCUT2D eigenvalue weighted by Crippen LogP contribution is 2.31. The van der Waals surface area contributed by atoms with E-state index < -0.39 is 0 Å². The first-order valence-corrected chi connectivity index (χ1v) is 7.90. The van der Waals surface area contributed by atoms with Crippen LogP contribution in [0.4, 0.5) is 0 Å². The van der Waals surface area contributed by atoms with Gasteiger partial charge in [-0.1, -0.05) is 32.4 Å². The van der Waals surface area contributed by atoms with Crippen LogP contribution in [0, 0.1) is 5.92 Å². The van der Waals surface area contributed by atoms with Gasteiger partial charge < -0.3 is 0 Å². The van der Waals surface area contributed by atoms with E-state index >= 15 is 0 Å². The number of piperazine rings is 1. The minimum Gasteiger partial charge on any atom is -0.298 e. The summed E-state index contributed by atoms with van der Waals surface area (Å²) >= 11 is 0. The number of hydrogen-bond acceptors (Lipinski definition) is 2. The zero-order valence-electron chi connectivity index (χ0n) is 12.0. The largest absolute Gasteiger partial charge is 0.298 e. The quantitative estimate of drug-likeness (QED) is 0.693. The van der Waals surface area contributed by atoms with Crippen molar-refractivity contribution in [1.82, 2.24) is 9.80 Å². The van der Waals surface area contributed by atoms with Gasteiger partial charge in [-0.2, -0.15) is 0 Å². The molecule has 0 N–H and O–H groups in total. The summed E-state index contributed by atoms with van der Waals surface area (Å²) in [4.78, 5) is 5.64. The van der Waals surface area contributed by atoms with Gasteiger partial charge in [0.2, 0.25) is 0 Å². The van der Waals surface area contributed by atoms with Crippen molar-refractivity contribution >= 4 is 0 Å². The fourth-order valence-corrected chi connectivity index (χ4v) is 4.12. The van der Waals surface area contributed by atoms with Gasteiger partial charge in [-0.15, -0.1) is 0 Å². The summed E-state index contributed by atoms with van der Waals surface area (Å²) in [5.41, 5.74) is 0. The number of nitrogens with zero attached hydrogens (tertiary/aromatic N) is 2. The van der Waals surface area contributed by atoms with E-state index in [1.807, 2.05) is 0 Å². The van der Waals surface area contributed by atoms with E-state index in [0.717, 1.165) is 24.0 Å². The monoisotopic (exact) mass is 248 g/mol. The van der Waals surface area contributed by atoms with Crippen LogP contribution in [0.2, 0.25) is 0 Å². The van der Waals surface area contributed by atoms with Gasteiger partial charge in [-0.25, -0.2) is 0 Å². The van der Waals surface area contributed by atoms with E-state index in [1.165, 1.54) is 51.7 Å². The molecule has 0 radical (unpaired) electrons. The van der Waals surface area contributed by atoms with Gasteiger partial charge in [0.25, 0.3) is 0 Å². The van der Waals surface area contributed by atoms with Crippen molar-refractivity contribution in [3.63, 3.8) is 0 Å². The molecule has 1 aliphatic carbocycles. The van der Waals surface area contributed by atoms with Crippen LogP contribution in [0.1, 0.15) is 46.0 Å².